The molecule has 8 rings (SSSR count). The molecule has 0 unspecified atom stereocenters. The maximum Gasteiger partial charge on any atom is 0.0541 e. The van der Waals surface area contributed by atoms with Gasteiger partial charge >= 0.3 is 0 Å². The van der Waals surface area contributed by atoms with E-state index in [-0.39, 0.29) is 0 Å². The summed E-state index contributed by atoms with van der Waals surface area (Å²) in [6.45, 7) is 0. The molecule has 45 heavy (non-hydrogen) atoms. The van der Waals surface area contributed by atoms with Crippen LogP contribution in [0.1, 0.15) is 0 Å². The van der Waals surface area contributed by atoms with Crippen LogP contribution in [0.25, 0.3) is 60.9 Å². The molecule has 7 aromatic carbocycles. The Labute approximate surface area is 264 Å². The van der Waals surface area contributed by atoms with Crippen molar-refractivity contribution in [3.05, 3.63) is 176 Å². The minimum absolute atomic E-state index is 1.16. The summed E-state index contributed by atoms with van der Waals surface area (Å²) in [6.07, 6.45) is 0. The molecule has 0 amide bonds. The molecule has 0 bridgehead atoms. The summed E-state index contributed by atoms with van der Waals surface area (Å²) >= 11 is 0. The Balaban J connectivity index is 1.23. The molecule has 0 aliphatic carbocycles. The van der Waals surface area contributed by atoms with E-state index >= 15 is 0 Å². The highest BCUT2D eigenvalue weighted by atomic mass is 15.1. The standard InChI is InChI=1S/C43H32N2/c1-44(36-18-7-3-8-19-36)41-26-24-34(29-39(41)31-14-5-2-6-15-31)32-16-13-17-33(28-32)35-25-27-43-40(30-35)38-22-11-12-23-42(38)45(43)37-20-9-4-10-21-37/h2-30H,1H3. The Bertz CT molecular complexity index is 2270. The Morgan fingerprint density at radius 3 is 1.71 bits per heavy atom. The second-order valence-electron chi connectivity index (χ2n) is 11.5. The molecule has 2 heteroatoms. The zero-order valence-electron chi connectivity index (χ0n) is 25.1. The normalized spacial score (nSPS) is 11.2. The van der Waals surface area contributed by atoms with Gasteiger partial charge in [0.05, 0.1) is 11.0 Å². The monoisotopic (exact) mass is 576 g/mol. The number of rotatable bonds is 6. The Hall–Kier alpha value is -5.86. The molecule has 0 saturated carbocycles. The molecule has 0 fully saturated rings. The molecule has 0 N–H and O–H groups in total. The van der Waals surface area contributed by atoms with Gasteiger partial charge in [0, 0.05) is 40.4 Å². The first-order chi connectivity index (χ1) is 22.2. The van der Waals surface area contributed by atoms with E-state index in [9.17, 15) is 0 Å². The number of fused-ring (bicyclic) bond motifs is 3. The molecule has 0 spiro atoms. The Kier molecular flexibility index (Phi) is 6.73. The molecule has 0 aliphatic heterocycles. The average molecular weight is 577 g/mol. The van der Waals surface area contributed by atoms with E-state index in [1.165, 1.54) is 66.6 Å². The van der Waals surface area contributed by atoms with Gasteiger partial charge < -0.3 is 9.47 Å². The minimum Gasteiger partial charge on any atom is -0.344 e. The number of nitrogens with zero attached hydrogens (tertiary/aromatic N) is 2. The zero-order chi connectivity index (χ0) is 30.2. The van der Waals surface area contributed by atoms with Crippen LogP contribution >= 0.6 is 0 Å². The van der Waals surface area contributed by atoms with E-state index in [4.69, 9.17) is 0 Å². The minimum atomic E-state index is 1.16. The van der Waals surface area contributed by atoms with Crippen LogP contribution in [-0.2, 0) is 0 Å². The SMILES string of the molecule is CN(c1ccccc1)c1ccc(-c2cccc(-c3ccc4c(c3)c3ccccc3n4-c3ccccc3)c2)cc1-c1ccccc1. The van der Waals surface area contributed by atoms with E-state index in [1.807, 2.05) is 0 Å². The van der Waals surface area contributed by atoms with E-state index in [2.05, 4.69) is 192 Å². The summed E-state index contributed by atoms with van der Waals surface area (Å²) in [5.41, 5.74) is 13.2. The third-order valence-corrected chi connectivity index (χ3v) is 8.80. The quantitative estimate of drug-likeness (QED) is 0.191. The molecule has 214 valence electrons. The fraction of sp³-hybridized carbons (Fsp3) is 0.0233. The molecule has 0 saturated heterocycles. The molecule has 2 nitrogen and oxygen atoms in total. The van der Waals surface area contributed by atoms with E-state index in [1.54, 1.807) is 0 Å². The number of hydrogen-bond donors (Lipinski definition) is 0. The first-order valence-corrected chi connectivity index (χ1v) is 15.4. The Morgan fingerprint density at radius 1 is 0.400 bits per heavy atom. The number of anilines is 2. The lowest BCUT2D eigenvalue weighted by molar-refractivity contribution is 1.18. The van der Waals surface area contributed by atoms with Gasteiger partial charge in [0.1, 0.15) is 0 Å². The number of benzene rings is 7. The van der Waals surface area contributed by atoms with Crippen molar-refractivity contribution in [1.29, 1.82) is 0 Å². The summed E-state index contributed by atoms with van der Waals surface area (Å²) < 4.78 is 2.37. The van der Waals surface area contributed by atoms with E-state index in [0.29, 0.717) is 0 Å². The molecule has 0 radical (unpaired) electrons. The van der Waals surface area contributed by atoms with Gasteiger partial charge in [0.15, 0.2) is 0 Å². The molecule has 0 aliphatic rings. The highest BCUT2D eigenvalue weighted by Gasteiger charge is 2.15. The van der Waals surface area contributed by atoms with Crippen molar-refractivity contribution in [2.75, 3.05) is 11.9 Å². The van der Waals surface area contributed by atoms with Gasteiger partial charge in [-0.2, -0.15) is 0 Å². The predicted octanol–water partition coefficient (Wildman–Crippen LogP) is 11.6. The first-order valence-electron chi connectivity index (χ1n) is 15.4. The van der Waals surface area contributed by atoms with Crippen LogP contribution in [0.4, 0.5) is 11.4 Å². The maximum absolute atomic E-state index is 2.37. The van der Waals surface area contributed by atoms with Crippen molar-refractivity contribution < 1.29 is 0 Å². The molecule has 1 heterocycles. The maximum atomic E-state index is 2.37. The van der Waals surface area contributed by atoms with Crippen LogP contribution in [0.5, 0.6) is 0 Å². The van der Waals surface area contributed by atoms with Crippen molar-refractivity contribution in [1.82, 2.24) is 4.57 Å². The van der Waals surface area contributed by atoms with E-state index < -0.39 is 0 Å². The third kappa shape index (κ3) is 4.87. The molecular formula is C43H32N2. The van der Waals surface area contributed by atoms with Crippen molar-refractivity contribution in [2.45, 2.75) is 0 Å². The fourth-order valence-corrected chi connectivity index (χ4v) is 6.53. The number of para-hydroxylation sites is 3. The molecule has 0 atom stereocenters. The van der Waals surface area contributed by atoms with E-state index in [0.717, 1.165) is 5.69 Å². The Morgan fingerprint density at radius 2 is 0.956 bits per heavy atom. The number of hydrogen-bond acceptors (Lipinski definition) is 1. The molecule has 8 aromatic rings. The first kappa shape index (κ1) is 26.7. The second-order valence-corrected chi connectivity index (χ2v) is 11.5. The average Bonchev–Trinajstić information content (AvgIpc) is 3.46. The van der Waals surface area contributed by atoms with Gasteiger partial charge in [-0.1, -0.05) is 115 Å². The van der Waals surface area contributed by atoms with Gasteiger partial charge in [-0.15, -0.1) is 0 Å². The van der Waals surface area contributed by atoms with Gasteiger partial charge in [-0.3, -0.25) is 0 Å². The van der Waals surface area contributed by atoms with Crippen LogP contribution in [0.2, 0.25) is 0 Å². The van der Waals surface area contributed by atoms with Crippen LogP contribution in [0.15, 0.2) is 176 Å². The van der Waals surface area contributed by atoms with Crippen molar-refractivity contribution in [3.63, 3.8) is 0 Å². The van der Waals surface area contributed by atoms with Crippen LogP contribution in [0.3, 0.4) is 0 Å². The summed E-state index contributed by atoms with van der Waals surface area (Å²) in [4.78, 5) is 2.27. The van der Waals surface area contributed by atoms with Crippen molar-refractivity contribution in [2.24, 2.45) is 0 Å². The van der Waals surface area contributed by atoms with Crippen LogP contribution in [-0.4, -0.2) is 11.6 Å². The van der Waals surface area contributed by atoms with Gasteiger partial charge in [-0.25, -0.2) is 0 Å². The lowest BCUT2D eigenvalue weighted by atomic mass is 9.94. The van der Waals surface area contributed by atoms with Crippen molar-refractivity contribution >= 4 is 33.2 Å². The summed E-state index contributed by atoms with van der Waals surface area (Å²) in [5.74, 6) is 0. The summed E-state index contributed by atoms with van der Waals surface area (Å²) in [7, 11) is 2.14. The highest BCUT2D eigenvalue weighted by molar-refractivity contribution is 6.10. The lowest BCUT2D eigenvalue weighted by Gasteiger charge is -2.24. The topological polar surface area (TPSA) is 8.17 Å². The predicted molar refractivity (Wildman–Crippen MR) is 192 cm³/mol. The van der Waals surface area contributed by atoms with Gasteiger partial charge in [-0.05, 0) is 88.5 Å². The smallest absolute Gasteiger partial charge is 0.0541 e. The summed E-state index contributed by atoms with van der Waals surface area (Å²) in [6, 6.07) is 63.2. The van der Waals surface area contributed by atoms with Crippen LogP contribution in [0, 0.1) is 0 Å². The van der Waals surface area contributed by atoms with Gasteiger partial charge in [0.25, 0.3) is 0 Å². The highest BCUT2D eigenvalue weighted by Crippen LogP contribution is 2.39. The zero-order valence-corrected chi connectivity index (χ0v) is 25.1. The molecule has 1 aromatic heterocycles. The van der Waals surface area contributed by atoms with Crippen LogP contribution < -0.4 is 4.90 Å². The van der Waals surface area contributed by atoms with Gasteiger partial charge in [0.2, 0.25) is 0 Å². The molecular weight excluding hydrogens is 544 g/mol. The third-order valence-electron chi connectivity index (χ3n) is 8.80. The lowest BCUT2D eigenvalue weighted by Crippen LogP contribution is -2.10. The second kappa shape index (κ2) is 11.3. The largest absolute Gasteiger partial charge is 0.344 e. The summed E-state index contributed by atoms with van der Waals surface area (Å²) in [5, 5.41) is 2.53. The number of aromatic nitrogens is 1. The van der Waals surface area contributed by atoms with Crippen molar-refractivity contribution in [3.8, 4) is 39.1 Å². The fourth-order valence-electron chi connectivity index (χ4n) is 6.53.